The van der Waals surface area contributed by atoms with Crippen LogP contribution in [0.15, 0.2) is 10.9 Å². The molecule has 1 atom stereocenters. The Bertz CT molecular complexity index is 450. The molecular formula is C12H19N3O. The summed E-state index contributed by atoms with van der Waals surface area (Å²) in [5.74, 6) is 1.39. The van der Waals surface area contributed by atoms with Crippen molar-refractivity contribution in [2.45, 2.75) is 27.2 Å². The van der Waals surface area contributed by atoms with Crippen LogP contribution in [-0.2, 0) is 0 Å². The fourth-order valence-corrected chi connectivity index (χ4v) is 2.05. The largest absolute Gasteiger partial charge is 0.345 e. The van der Waals surface area contributed by atoms with E-state index in [1.54, 1.807) is 0 Å². The van der Waals surface area contributed by atoms with Gasteiger partial charge in [0.25, 0.3) is 5.56 Å². The Hall–Kier alpha value is -1.32. The van der Waals surface area contributed by atoms with Crippen LogP contribution in [0.2, 0.25) is 0 Å². The van der Waals surface area contributed by atoms with Crippen LogP contribution in [0.3, 0.4) is 0 Å². The van der Waals surface area contributed by atoms with Crippen molar-refractivity contribution in [2.24, 2.45) is 11.3 Å². The number of aromatic nitrogens is 2. The second-order valence-corrected chi connectivity index (χ2v) is 5.48. The zero-order chi connectivity index (χ0) is 11.9. The average Bonchev–Trinajstić information content (AvgIpc) is 2.71. The van der Waals surface area contributed by atoms with Gasteiger partial charge in [-0.05, 0) is 24.7 Å². The highest BCUT2D eigenvalue weighted by atomic mass is 16.1. The number of nitrogens with zero attached hydrogens (tertiary/aromatic N) is 2. The molecule has 0 aromatic carbocycles. The predicted molar refractivity (Wildman–Crippen MR) is 64.8 cm³/mol. The number of hydrogen-bond acceptors (Lipinski definition) is 3. The van der Waals surface area contributed by atoms with Gasteiger partial charge >= 0.3 is 0 Å². The topological polar surface area (TPSA) is 49.0 Å². The van der Waals surface area contributed by atoms with Gasteiger partial charge in [-0.2, -0.15) is 0 Å². The average molecular weight is 221 g/mol. The molecule has 1 unspecified atom stereocenters. The van der Waals surface area contributed by atoms with E-state index in [1.165, 1.54) is 12.5 Å². The summed E-state index contributed by atoms with van der Waals surface area (Å²) in [4.78, 5) is 20.5. The minimum Gasteiger partial charge on any atom is -0.345 e. The first-order valence-corrected chi connectivity index (χ1v) is 5.67. The fourth-order valence-electron chi connectivity index (χ4n) is 2.05. The van der Waals surface area contributed by atoms with E-state index < -0.39 is 0 Å². The smallest absolute Gasteiger partial charge is 0.252 e. The molecule has 1 aliphatic carbocycles. The Labute approximate surface area is 95.7 Å². The number of aryl methyl sites for hydroxylation is 1. The van der Waals surface area contributed by atoms with Gasteiger partial charge in [-0.1, -0.05) is 13.8 Å². The summed E-state index contributed by atoms with van der Waals surface area (Å²) in [6.07, 6.45) is 1.26. The van der Waals surface area contributed by atoms with Crippen molar-refractivity contribution in [2.75, 3.05) is 18.5 Å². The monoisotopic (exact) mass is 221 g/mol. The van der Waals surface area contributed by atoms with Crippen LogP contribution in [0.5, 0.6) is 0 Å². The predicted octanol–water partition coefficient (Wildman–Crippen LogP) is 1.56. The SMILES string of the molecule is Cc1cc(=O)[nH]c(N(C)CC2CC2(C)C)n1. The first kappa shape index (κ1) is 11.2. The van der Waals surface area contributed by atoms with Crippen molar-refractivity contribution in [3.05, 3.63) is 22.1 Å². The van der Waals surface area contributed by atoms with Gasteiger partial charge in [0, 0.05) is 25.4 Å². The summed E-state index contributed by atoms with van der Waals surface area (Å²) >= 11 is 0. The second kappa shape index (κ2) is 3.61. The molecule has 4 heteroatoms. The van der Waals surface area contributed by atoms with Crippen LogP contribution < -0.4 is 10.5 Å². The van der Waals surface area contributed by atoms with Crippen molar-refractivity contribution in [3.8, 4) is 0 Å². The van der Waals surface area contributed by atoms with Gasteiger partial charge in [-0.15, -0.1) is 0 Å². The number of nitrogens with one attached hydrogen (secondary N) is 1. The summed E-state index contributed by atoms with van der Waals surface area (Å²) < 4.78 is 0. The van der Waals surface area contributed by atoms with Crippen molar-refractivity contribution in [1.82, 2.24) is 9.97 Å². The lowest BCUT2D eigenvalue weighted by atomic mass is 10.1. The molecular weight excluding hydrogens is 202 g/mol. The molecule has 0 aliphatic heterocycles. The van der Waals surface area contributed by atoms with Gasteiger partial charge in [0.2, 0.25) is 5.95 Å². The van der Waals surface area contributed by atoms with Crippen LogP contribution in [-0.4, -0.2) is 23.6 Å². The molecule has 0 spiro atoms. The lowest BCUT2D eigenvalue weighted by molar-refractivity contribution is 0.554. The van der Waals surface area contributed by atoms with Crippen molar-refractivity contribution in [1.29, 1.82) is 0 Å². The molecule has 16 heavy (non-hydrogen) atoms. The highest BCUT2D eigenvalue weighted by Crippen LogP contribution is 2.51. The van der Waals surface area contributed by atoms with Crippen LogP contribution >= 0.6 is 0 Å². The quantitative estimate of drug-likeness (QED) is 0.842. The molecule has 1 fully saturated rings. The number of hydrogen-bond donors (Lipinski definition) is 1. The molecule has 2 rings (SSSR count). The van der Waals surface area contributed by atoms with Crippen molar-refractivity contribution >= 4 is 5.95 Å². The standard InChI is InChI=1S/C12H19N3O/c1-8-5-10(16)14-11(13-8)15(4)7-9-6-12(9,2)3/h5,9H,6-7H2,1-4H3,(H,13,14,16). The van der Waals surface area contributed by atoms with Crippen molar-refractivity contribution in [3.63, 3.8) is 0 Å². The van der Waals surface area contributed by atoms with E-state index >= 15 is 0 Å². The maximum Gasteiger partial charge on any atom is 0.252 e. The Morgan fingerprint density at radius 1 is 1.62 bits per heavy atom. The highest BCUT2D eigenvalue weighted by molar-refractivity contribution is 5.29. The van der Waals surface area contributed by atoms with Crippen LogP contribution in [0.4, 0.5) is 5.95 Å². The number of H-pyrrole nitrogens is 1. The fraction of sp³-hybridized carbons (Fsp3) is 0.667. The van der Waals surface area contributed by atoms with Crippen LogP contribution in [0.1, 0.15) is 26.0 Å². The number of rotatable bonds is 3. The van der Waals surface area contributed by atoms with Gasteiger partial charge in [0.05, 0.1) is 0 Å². The van der Waals surface area contributed by atoms with Gasteiger partial charge in [-0.3, -0.25) is 9.78 Å². The lowest BCUT2D eigenvalue weighted by Crippen LogP contribution is -2.26. The Kier molecular flexibility index (Phi) is 2.52. The van der Waals surface area contributed by atoms with Crippen LogP contribution in [0, 0.1) is 18.3 Å². The van der Waals surface area contributed by atoms with Gasteiger partial charge in [-0.25, -0.2) is 4.98 Å². The molecule has 0 amide bonds. The van der Waals surface area contributed by atoms with Crippen LogP contribution in [0.25, 0.3) is 0 Å². The zero-order valence-corrected chi connectivity index (χ0v) is 10.4. The van der Waals surface area contributed by atoms with E-state index in [0.29, 0.717) is 17.3 Å². The molecule has 88 valence electrons. The highest BCUT2D eigenvalue weighted by Gasteiger charge is 2.45. The molecule has 1 aromatic rings. The normalized spacial score (nSPS) is 21.9. The van der Waals surface area contributed by atoms with E-state index in [2.05, 4.69) is 23.8 Å². The Morgan fingerprint density at radius 2 is 2.25 bits per heavy atom. The molecule has 1 aliphatic rings. The van der Waals surface area contributed by atoms with Crippen molar-refractivity contribution < 1.29 is 0 Å². The minimum atomic E-state index is -0.0793. The second-order valence-electron chi connectivity index (χ2n) is 5.48. The molecule has 1 saturated carbocycles. The third-order valence-corrected chi connectivity index (χ3v) is 3.43. The van der Waals surface area contributed by atoms with E-state index in [0.717, 1.165) is 12.2 Å². The maximum absolute atomic E-state index is 11.3. The summed E-state index contributed by atoms with van der Waals surface area (Å²) in [5, 5.41) is 0. The third kappa shape index (κ3) is 2.26. The molecule has 0 radical (unpaired) electrons. The number of aromatic amines is 1. The van der Waals surface area contributed by atoms with Gasteiger partial charge in [0.1, 0.15) is 0 Å². The van der Waals surface area contributed by atoms with E-state index in [1.807, 2.05) is 18.9 Å². The molecule has 0 saturated heterocycles. The number of anilines is 1. The van der Waals surface area contributed by atoms with E-state index in [9.17, 15) is 4.79 Å². The molecule has 1 heterocycles. The molecule has 1 aromatic heterocycles. The Balaban J connectivity index is 2.09. The summed E-state index contributed by atoms with van der Waals surface area (Å²) in [5.41, 5.74) is 1.14. The molecule has 4 nitrogen and oxygen atoms in total. The molecule has 0 bridgehead atoms. The first-order valence-electron chi connectivity index (χ1n) is 5.67. The Morgan fingerprint density at radius 3 is 2.75 bits per heavy atom. The van der Waals surface area contributed by atoms with E-state index in [4.69, 9.17) is 0 Å². The third-order valence-electron chi connectivity index (χ3n) is 3.43. The maximum atomic E-state index is 11.3. The van der Waals surface area contributed by atoms with E-state index in [-0.39, 0.29) is 5.56 Å². The summed E-state index contributed by atoms with van der Waals surface area (Å²) in [7, 11) is 1.98. The summed E-state index contributed by atoms with van der Waals surface area (Å²) in [6, 6.07) is 1.51. The minimum absolute atomic E-state index is 0.0793. The first-order chi connectivity index (χ1) is 7.38. The van der Waals surface area contributed by atoms with Gasteiger partial charge in [0.15, 0.2) is 0 Å². The zero-order valence-electron chi connectivity index (χ0n) is 10.4. The van der Waals surface area contributed by atoms with Gasteiger partial charge < -0.3 is 4.90 Å². The summed E-state index contributed by atoms with van der Waals surface area (Å²) in [6.45, 7) is 7.35. The molecule has 1 N–H and O–H groups in total. The lowest BCUT2D eigenvalue weighted by Gasteiger charge is -2.18.